The molecule has 3 fully saturated rings. The van der Waals surface area contributed by atoms with E-state index in [4.69, 9.17) is 21.1 Å². The van der Waals surface area contributed by atoms with E-state index < -0.39 is 64.3 Å². The van der Waals surface area contributed by atoms with Crippen molar-refractivity contribution < 1.29 is 39.2 Å². The van der Waals surface area contributed by atoms with Crippen LogP contribution in [0.3, 0.4) is 0 Å². The van der Waals surface area contributed by atoms with Gasteiger partial charge in [-0.3, -0.25) is 14.4 Å². The molecular formula is C22H27FO7. The molecule has 0 bridgehead atoms. The zero-order valence-corrected chi connectivity index (χ0v) is 16.8. The van der Waals surface area contributed by atoms with E-state index in [1.165, 1.54) is 18.2 Å². The topological polar surface area (TPSA) is 132 Å². The fraction of sp³-hybridized carbons (Fsp3) is 0.682. The second-order valence-corrected chi connectivity index (χ2v) is 9.59. The lowest BCUT2D eigenvalue weighted by molar-refractivity contribution is -0.221. The number of carbonyl (C=O) groups excluding carboxylic acids is 3. The van der Waals surface area contributed by atoms with Gasteiger partial charge in [0.1, 0.15) is 6.61 Å². The molecule has 4 aliphatic carbocycles. The van der Waals surface area contributed by atoms with Crippen molar-refractivity contribution in [1.82, 2.24) is 0 Å². The molecule has 4 aliphatic rings. The third-order valence-electron chi connectivity index (χ3n) is 8.50. The molecule has 3 saturated carbocycles. The highest BCUT2D eigenvalue weighted by Crippen LogP contribution is 2.69. The van der Waals surface area contributed by atoms with Gasteiger partial charge in [-0.2, -0.15) is 0 Å². The first-order valence-corrected chi connectivity index (χ1v) is 10.2. The molecule has 0 aromatic carbocycles. The Hall–Kier alpha value is -1.74. The van der Waals surface area contributed by atoms with Gasteiger partial charge in [-0.25, -0.2) is 4.39 Å². The highest BCUT2D eigenvalue weighted by Gasteiger charge is 2.76. The van der Waals surface area contributed by atoms with E-state index >= 15 is 4.39 Å². The number of fused-ring (bicyclic) bond motifs is 5. The number of alkyl halides is 1. The van der Waals surface area contributed by atoms with Gasteiger partial charge in [-0.05, 0) is 50.7 Å². The van der Waals surface area contributed by atoms with E-state index in [-0.39, 0.29) is 25.0 Å². The van der Waals surface area contributed by atoms with E-state index in [2.05, 4.69) is 5.11 Å². The monoisotopic (exact) mass is 426 g/mol. The van der Waals surface area contributed by atoms with Crippen LogP contribution in [0.4, 0.5) is 4.39 Å². The number of rotatable bonds is 7. The number of aliphatic hydroxyl groups excluding tert-OH is 3. The van der Waals surface area contributed by atoms with Crippen LogP contribution in [0.2, 0.25) is 0 Å². The second kappa shape index (κ2) is 6.38. The molecule has 0 aromatic heterocycles. The Morgan fingerprint density at radius 1 is 1.27 bits per heavy atom. The molecule has 0 aliphatic heterocycles. The molecule has 8 heteroatoms. The highest BCUT2D eigenvalue weighted by molar-refractivity contribution is 6.41. The number of hydrogen-bond donors (Lipinski definition) is 4. The van der Waals surface area contributed by atoms with Gasteiger partial charge in [-0.1, -0.05) is 18.6 Å². The van der Waals surface area contributed by atoms with Crippen LogP contribution in [0, 0.1) is 22.7 Å². The standard InChI is InChI=1S/C22H27FO7/c1-19-6-5-12(25)7-11(19)3-4-13-14-8-16(27)22(30,18(29)15(26)10-24)20(14,2)9-17(28)21(13,19)23/h5-7,13-14,16-17,24,27-28,30H,3-4,8-10H2,1-2H3/t13?,14?,16?,17?,19-,20-,21?,22+/m0/s1/i24D,27D,28D,30D. The minimum Gasteiger partial charge on any atom is -0.390 e. The predicted molar refractivity (Wildman–Crippen MR) is 102 cm³/mol. The SMILES string of the molecule is [2H]OCC(=O)C(=O)[C@]1(O[2H])C(O[2H])CC2C3CCC4=CC(=O)C=C[C@]4(C)C3(F)C(O[2H])C[C@@]21C. The molecule has 0 spiro atoms. The Bertz CT molecular complexity index is 975. The summed E-state index contributed by atoms with van der Waals surface area (Å²) in [5.41, 5.74) is -6.49. The summed E-state index contributed by atoms with van der Waals surface area (Å²) < 4.78 is 47.4. The smallest absolute Gasteiger partial charge is 0.235 e. The minimum absolute atomic E-state index is 0.0432. The maximum absolute atomic E-state index is 17.4. The van der Waals surface area contributed by atoms with Gasteiger partial charge in [0.2, 0.25) is 17.3 Å². The lowest BCUT2D eigenvalue weighted by Gasteiger charge is -2.62. The van der Waals surface area contributed by atoms with Gasteiger partial charge >= 0.3 is 0 Å². The quantitative estimate of drug-likeness (QED) is 0.427. The summed E-state index contributed by atoms with van der Waals surface area (Å²) in [5, 5.41) is 18.8. The number of halogens is 1. The number of aliphatic hydroxyl groups is 4. The number of ketones is 3. The first-order valence-electron chi connectivity index (χ1n) is 11.8. The lowest BCUT2D eigenvalue weighted by Crippen LogP contribution is -2.70. The maximum Gasteiger partial charge on any atom is 0.235 e. The summed E-state index contributed by atoms with van der Waals surface area (Å²) >= 11 is 0. The molecule has 4 N–H and O–H groups in total. The number of Topliss-reactive ketones (excluding diaryl/α,β-unsaturated/α-hetero) is 2. The van der Waals surface area contributed by atoms with Crippen LogP contribution < -0.4 is 0 Å². The van der Waals surface area contributed by atoms with E-state index in [0.29, 0.717) is 12.0 Å². The molecule has 5 unspecified atom stereocenters. The average molecular weight is 426 g/mol. The highest BCUT2D eigenvalue weighted by atomic mass is 19.1. The van der Waals surface area contributed by atoms with E-state index in [0.717, 1.165) is 0 Å². The fourth-order valence-corrected chi connectivity index (χ4v) is 6.83. The van der Waals surface area contributed by atoms with Crippen LogP contribution >= 0.6 is 0 Å². The molecule has 4 rings (SSSR count). The van der Waals surface area contributed by atoms with Crippen LogP contribution in [0.5, 0.6) is 0 Å². The minimum atomic E-state index is -2.28. The van der Waals surface area contributed by atoms with Crippen molar-refractivity contribution in [1.29, 1.82) is 5.72 Å². The first-order chi connectivity index (χ1) is 16.0. The van der Waals surface area contributed by atoms with Crippen molar-refractivity contribution in [3.05, 3.63) is 23.8 Å². The summed E-state index contributed by atoms with van der Waals surface area (Å²) in [6.45, 7) is 2.34. The van der Waals surface area contributed by atoms with Crippen molar-refractivity contribution >= 4 is 17.3 Å². The van der Waals surface area contributed by atoms with E-state index in [9.17, 15) is 14.4 Å². The fourth-order valence-electron chi connectivity index (χ4n) is 6.83. The third kappa shape index (κ3) is 2.25. The van der Waals surface area contributed by atoms with E-state index in [1.807, 2.05) is 0 Å². The summed E-state index contributed by atoms with van der Waals surface area (Å²) in [7, 11) is 0. The molecule has 0 amide bonds. The van der Waals surface area contributed by atoms with Crippen LogP contribution in [0.15, 0.2) is 23.8 Å². The zero-order chi connectivity index (χ0) is 25.1. The van der Waals surface area contributed by atoms with Crippen molar-refractivity contribution in [2.75, 3.05) is 6.61 Å². The van der Waals surface area contributed by atoms with Gasteiger partial charge in [-0.15, -0.1) is 0 Å². The molecule has 164 valence electrons. The Balaban J connectivity index is 1.87. The van der Waals surface area contributed by atoms with E-state index in [1.54, 1.807) is 13.8 Å². The average Bonchev–Trinajstić information content (AvgIpc) is 3.07. The van der Waals surface area contributed by atoms with Crippen LogP contribution in [0.1, 0.15) is 39.5 Å². The zero-order valence-electron chi connectivity index (χ0n) is 20.8. The van der Waals surface area contributed by atoms with Crippen molar-refractivity contribution in [3.63, 3.8) is 0 Å². The lowest BCUT2D eigenvalue weighted by atomic mass is 9.44. The van der Waals surface area contributed by atoms with Crippen molar-refractivity contribution in [2.45, 2.75) is 63.0 Å². The summed E-state index contributed by atoms with van der Waals surface area (Å²) in [5.74, 6) is -4.07. The largest absolute Gasteiger partial charge is 0.390 e. The molecular weight excluding hydrogens is 395 g/mol. The van der Waals surface area contributed by atoms with Crippen LogP contribution in [-0.2, 0) is 14.4 Å². The van der Waals surface area contributed by atoms with Gasteiger partial charge in [0.15, 0.2) is 17.1 Å². The Kier molecular flexibility index (Phi) is 3.59. The molecule has 0 radical (unpaired) electrons. The summed E-state index contributed by atoms with van der Waals surface area (Å²) in [6.07, 6.45) is 1.77. The maximum atomic E-state index is 17.4. The Morgan fingerprint density at radius 2 is 2.03 bits per heavy atom. The Morgan fingerprint density at radius 3 is 2.70 bits per heavy atom. The molecule has 0 heterocycles. The van der Waals surface area contributed by atoms with Gasteiger partial charge in [0, 0.05) is 16.7 Å². The van der Waals surface area contributed by atoms with Crippen LogP contribution in [0.25, 0.3) is 0 Å². The molecule has 0 aromatic rings. The van der Waals surface area contributed by atoms with Gasteiger partial charge in [0.05, 0.1) is 12.2 Å². The van der Waals surface area contributed by atoms with Crippen molar-refractivity contribution in [2.24, 2.45) is 22.7 Å². The number of allylic oxidation sites excluding steroid dienone is 4. The number of hydrogen-bond acceptors (Lipinski definition) is 7. The van der Waals surface area contributed by atoms with Crippen LogP contribution in [-0.4, -0.2) is 73.6 Å². The summed E-state index contributed by atoms with van der Waals surface area (Å²) in [6, 6.07) is 0. The predicted octanol–water partition coefficient (Wildman–Crippen LogP) is 0.190. The van der Waals surface area contributed by atoms with Gasteiger partial charge in [0.25, 0.3) is 0 Å². The first kappa shape index (κ1) is 16.9. The molecule has 30 heavy (non-hydrogen) atoms. The third-order valence-corrected chi connectivity index (χ3v) is 8.50. The molecule has 7 nitrogen and oxygen atoms in total. The molecule has 8 atom stereocenters. The normalized spacial score (nSPS) is 51.4. The second-order valence-electron chi connectivity index (χ2n) is 9.59. The summed E-state index contributed by atoms with van der Waals surface area (Å²) in [4.78, 5) is 37.8. The van der Waals surface area contributed by atoms with Gasteiger partial charge < -0.3 is 20.4 Å². The number of carbonyl (C=O) groups is 3. The molecule has 0 saturated heterocycles. The Labute approximate surface area is 179 Å². The van der Waals surface area contributed by atoms with Crippen molar-refractivity contribution in [3.8, 4) is 0 Å².